The molecular formula is C15H19N3O4S. The van der Waals surface area contributed by atoms with Crippen LogP contribution in [0.1, 0.15) is 16.8 Å². The largest absolute Gasteiger partial charge is 0.496 e. The van der Waals surface area contributed by atoms with Crippen molar-refractivity contribution in [2.45, 2.75) is 24.3 Å². The third-order valence-corrected chi connectivity index (χ3v) is 5.92. The summed E-state index contributed by atoms with van der Waals surface area (Å²) in [5.74, 6) is 0.682. The first-order valence-corrected chi connectivity index (χ1v) is 8.59. The number of β-amino-alcohol motifs (C(OH)–C–C–N with tert-alkyl or cyclic N) is 1. The zero-order chi connectivity index (χ0) is 16.8. The van der Waals surface area contributed by atoms with E-state index >= 15 is 0 Å². The first kappa shape index (κ1) is 16.0. The van der Waals surface area contributed by atoms with Gasteiger partial charge in [-0.25, -0.2) is 8.42 Å². The maximum Gasteiger partial charge on any atom is 0.243 e. The second kappa shape index (κ2) is 5.33. The number of hydrogen-bond acceptors (Lipinski definition) is 5. The van der Waals surface area contributed by atoms with E-state index in [0.717, 1.165) is 11.1 Å². The molecule has 2 aromatic rings. The van der Waals surface area contributed by atoms with Gasteiger partial charge >= 0.3 is 0 Å². The summed E-state index contributed by atoms with van der Waals surface area (Å²) in [5, 5.41) is 16.9. The Bertz CT molecular complexity index is 801. The number of hydrogen-bond donors (Lipinski definition) is 2. The van der Waals surface area contributed by atoms with Gasteiger partial charge in [-0.2, -0.15) is 9.40 Å². The van der Waals surface area contributed by atoms with Crippen LogP contribution >= 0.6 is 0 Å². The number of nitrogens with one attached hydrogen (secondary N) is 1. The third kappa shape index (κ3) is 2.52. The molecule has 0 unspecified atom stereocenters. The highest BCUT2D eigenvalue weighted by Crippen LogP contribution is 2.36. The summed E-state index contributed by atoms with van der Waals surface area (Å²) in [6, 6.07) is 4.83. The molecule has 1 aliphatic rings. The summed E-state index contributed by atoms with van der Waals surface area (Å²) in [6.45, 7) is 3.62. The Morgan fingerprint density at radius 2 is 1.91 bits per heavy atom. The van der Waals surface area contributed by atoms with Gasteiger partial charge in [0.05, 0.1) is 17.7 Å². The maximum atomic E-state index is 12.7. The summed E-state index contributed by atoms with van der Waals surface area (Å²) in [6.07, 6.45) is 1.53. The van der Waals surface area contributed by atoms with Gasteiger partial charge in [0, 0.05) is 19.3 Å². The number of aromatic amines is 1. The lowest BCUT2D eigenvalue weighted by atomic mass is 9.93. The average Bonchev–Trinajstić information content (AvgIpc) is 2.98. The Morgan fingerprint density at radius 3 is 2.39 bits per heavy atom. The highest BCUT2D eigenvalue weighted by atomic mass is 32.2. The van der Waals surface area contributed by atoms with Crippen molar-refractivity contribution in [1.82, 2.24) is 14.5 Å². The van der Waals surface area contributed by atoms with Crippen molar-refractivity contribution in [1.29, 1.82) is 0 Å². The summed E-state index contributed by atoms with van der Waals surface area (Å²) < 4.78 is 32.0. The van der Waals surface area contributed by atoms with Crippen LogP contribution in [0, 0.1) is 13.8 Å². The number of methoxy groups -OCH3 is 1. The van der Waals surface area contributed by atoms with Crippen LogP contribution in [-0.4, -0.2) is 48.2 Å². The van der Waals surface area contributed by atoms with Gasteiger partial charge in [-0.3, -0.25) is 5.10 Å². The van der Waals surface area contributed by atoms with Crippen molar-refractivity contribution in [3.63, 3.8) is 0 Å². The molecule has 1 saturated heterocycles. The molecule has 0 spiro atoms. The van der Waals surface area contributed by atoms with Gasteiger partial charge in [0.2, 0.25) is 10.0 Å². The number of rotatable bonds is 4. The topological polar surface area (TPSA) is 95.5 Å². The standard InChI is InChI=1S/C15H19N3O4S/c1-10-6-12(7-11(2)14(10)22-3)23(20,21)18-8-15(19,9-18)13-4-5-16-17-13/h4-7,19H,8-9H2,1-3H3,(H,16,17). The Labute approximate surface area is 134 Å². The molecule has 0 saturated carbocycles. The smallest absolute Gasteiger partial charge is 0.243 e. The van der Waals surface area contributed by atoms with Gasteiger partial charge < -0.3 is 9.84 Å². The molecule has 1 aromatic carbocycles. The number of aromatic nitrogens is 2. The van der Waals surface area contributed by atoms with E-state index in [9.17, 15) is 13.5 Å². The first-order chi connectivity index (χ1) is 10.8. The van der Waals surface area contributed by atoms with Crippen LogP contribution in [0.25, 0.3) is 0 Å². The van der Waals surface area contributed by atoms with E-state index in [0.29, 0.717) is 11.4 Å². The highest BCUT2D eigenvalue weighted by Gasteiger charge is 2.49. The second-order valence-corrected chi connectivity index (χ2v) is 7.80. The van der Waals surface area contributed by atoms with E-state index < -0.39 is 15.6 Å². The minimum atomic E-state index is -3.65. The van der Waals surface area contributed by atoms with E-state index in [1.54, 1.807) is 25.3 Å². The Balaban J connectivity index is 1.87. The molecule has 23 heavy (non-hydrogen) atoms. The molecule has 0 aliphatic carbocycles. The Hall–Kier alpha value is -1.90. The van der Waals surface area contributed by atoms with Gasteiger partial charge in [0.25, 0.3) is 0 Å². The lowest BCUT2D eigenvalue weighted by Gasteiger charge is -2.44. The van der Waals surface area contributed by atoms with Crippen LogP contribution in [0.3, 0.4) is 0 Å². The number of sulfonamides is 1. The number of aryl methyl sites for hydroxylation is 2. The Morgan fingerprint density at radius 1 is 1.30 bits per heavy atom. The van der Waals surface area contributed by atoms with Crippen LogP contribution < -0.4 is 4.74 Å². The van der Waals surface area contributed by atoms with Gasteiger partial charge in [-0.15, -0.1) is 0 Å². The Kier molecular flexibility index (Phi) is 3.70. The highest BCUT2D eigenvalue weighted by molar-refractivity contribution is 7.89. The fourth-order valence-corrected chi connectivity index (χ4v) is 4.64. The van der Waals surface area contributed by atoms with Gasteiger partial charge in [0.1, 0.15) is 11.4 Å². The van der Waals surface area contributed by atoms with E-state index in [2.05, 4.69) is 10.2 Å². The van der Waals surface area contributed by atoms with Crippen LogP contribution in [0.4, 0.5) is 0 Å². The van der Waals surface area contributed by atoms with Gasteiger partial charge in [-0.05, 0) is 43.2 Å². The summed E-state index contributed by atoms with van der Waals surface area (Å²) in [7, 11) is -2.09. The van der Waals surface area contributed by atoms with E-state index in [4.69, 9.17) is 4.74 Å². The second-order valence-electron chi connectivity index (χ2n) is 5.87. The number of ether oxygens (including phenoxy) is 1. The van der Waals surface area contributed by atoms with Crippen molar-refractivity contribution >= 4 is 10.0 Å². The normalized spacial score (nSPS) is 17.7. The van der Waals surface area contributed by atoms with Crippen molar-refractivity contribution in [2.75, 3.05) is 20.2 Å². The maximum absolute atomic E-state index is 12.7. The molecule has 0 atom stereocenters. The molecule has 0 radical (unpaired) electrons. The molecule has 3 rings (SSSR count). The van der Waals surface area contributed by atoms with Crippen LogP contribution in [0.2, 0.25) is 0 Å². The minimum absolute atomic E-state index is 0.00164. The fourth-order valence-electron chi connectivity index (χ4n) is 2.92. The molecular weight excluding hydrogens is 318 g/mol. The number of benzene rings is 1. The van der Waals surface area contributed by atoms with Crippen molar-refractivity contribution in [3.05, 3.63) is 41.2 Å². The van der Waals surface area contributed by atoms with Crippen LogP contribution in [0.5, 0.6) is 5.75 Å². The molecule has 2 heterocycles. The van der Waals surface area contributed by atoms with E-state index in [-0.39, 0.29) is 18.0 Å². The van der Waals surface area contributed by atoms with Crippen molar-refractivity contribution < 1.29 is 18.3 Å². The molecule has 124 valence electrons. The molecule has 1 aliphatic heterocycles. The predicted octanol–water partition coefficient (Wildman–Crippen LogP) is 0.927. The third-order valence-electron chi connectivity index (χ3n) is 4.15. The zero-order valence-electron chi connectivity index (χ0n) is 13.2. The quantitative estimate of drug-likeness (QED) is 0.865. The molecule has 7 nitrogen and oxygen atoms in total. The van der Waals surface area contributed by atoms with Crippen molar-refractivity contribution in [2.24, 2.45) is 0 Å². The SMILES string of the molecule is COc1c(C)cc(S(=O)(=O)N2CC(O)(c3ccn[nH]3)C2)cc1C. The van der Waals surface area contributed by atoms with Gasteiger partial charge in [-0.1, -0.05) is 0 Å². The molecule has 0 bridgehead atoms. The van der Waals surface area contributed by atoms with Crippen LogP contribution in [-0.2, 0) is 15.6 Å². The summed E-state index contributed by atoms with van der Waals surface area (Å²) >= 11 is 0. The lowest BCUT2D eigenvalue weighted by molar-refractivity contribution is -0.0682. The summed E-state index contributed by atoms with van der Waals surface area (Å²) in [5.41, 5.74) is 0.831. The summed E-state index contributed by atoms with van der Waals surface area (Å²) in [4.78, 5) is 0.208. The molecule has 2 N–H and O–H groups in total. The molecule has 8 heteroatoms. The monoisotopic (exact) mass is 337 g/mol. The first-order valence-electron chi connectivity index (χ1n) is 7.15. The number of aliphatic hydroxyl groups is 1. The van der Waals surface area contributed by atoms with E-state index in [1.807, 2.05) is 13.8 Å². The van der Waals surface area contributed by atoms with Crippen LogP contribution in [0.15, 0.2) is 29.3 Å². The molecule has 0 amide bonds. The average molecular weight is 337 g/mol. The number of nitrogens with zero attached hydrogens (tertiary/aromatic N) is 2. The zero-order valence-corrected chi connectivity index (χ0v) is 14.0. The lowest BCUT2D eigenvalue weighted by Crippen LogP contribution is -2.61. The van der Waals surface area contributed by atoms with Crippen molar-refractivity contribution in [3.8, 4) is 5.75 Å². The minimum Gasteiger partial charge on any atom is -0.496 e. The molecule has 1 aromatic heterocycles. The fraction of sp³-hybridized carbons (Fsp3) is 0.400. The molecule has 1 fully saturated rings. The van der Waals surface area contributed by atoms with E-state index in [1.165, 1.54) is 10.5 Å². The van der Waals surface area contributed by atoms with Gasteiger partial charge in [0.15, 0.2) is 0 Å². The predicted molar refractivity (Wildman–Crippen MR) is 83.7 cm³/mol. The number of H-pyrrole nitrogens is 1.